The van der Waals surface area contributed by atoms with Crippen molar-refractivity contribution >= 4 is 28.7 Å². The lowest BCUT2D eigenvalue weighted by atomic mass is 9.60. The summed E-state index contributed by atoms with van der Waals surface area (Å²) in [6.07, 6.45) is 0.609. The molecule has 4 aliphatic heterocycles. The van der Waals surface area contributed by atoms with Crippen molar-refractivity contribution in [3.8, 4) is 11.4 Å². The first-order valence-corrected chi connectivity index (χ1v) is 17.5. The maximum Gasteiger partial charge on any atom is 0.340 e. The number of ether oxygens (including phenoxy) is 1. The monoisotopic (exact) mass is 714 g/mol. The van der Waals surface area contributed by atoms with Crippen molar-refractivity contribution in [2.75, 3.05) is 45.8 Å². The van der Waals surface area contributed by atoms with Gasteiger partial charge in [-0.3, -0.25) is 19.3 Å². The number of aromatic nitrogens is 2. The molecule has 5 aliphatic rings. The SMILES string of the molecule is C=C(CNC(=O)CN)NCC(=O)NCC(=C)NCCC1C2CC1CN(Cc1c3c(nc4cc(F)ccc14)-c1cc4c(c(=O)n1C3)COC(=O)C4O)C2. The molecule has 3 unspecified atom stereocenters. The predicted molar refractivity (Wildman–Crippen MR) is 190 cm³/mol. The molecule has 274 valence electrons. The number of nitrogens with one attached hydrogen (secondary N) is 4. The number of halogens is 1. The van der Waals surface area contributed by atoms with Gasteiger partial charge < -0.3 is 41.4 Å². The molecule has 3 fully saturated rings. The van der Waals surface area contributed by atoms with Gasteiger partial charge in [-0.15, -0.1) is 0 Å². The normalized spacial score (nSPS) is 21.2. The number of cyclic esters (lactones) is 1. The van der Waals surface area contributed by atoms with E-state index in [0.29, 0.717) is 53.4 Å². The number of piperidine rings is 2. The molecule has 1 aromatic carbocycles. The van der Waals surface area contributed by atoms with Crippen LogP contribution in [0.1, 0.15) is 41.2 Å². The van der Waals surface area contributed by atoms with E-state index in [1.807, 2.05) is 0 Å². The fourth-order valence-corrected chi connectivity index (χ4v) is 8.07. The molecule has 2 bridgehead atoms. The summed E-state index contributed by atoms with van der Waals surface area (Å²) in [6, 6.07) is 6.25. The van der Waals surface area contributed by atoms with E-state index in [1.54, 1.807) is 16.7 Å². The number of carbonyl (C=O) groups is 3. The summed E-state index contributed by atoms with van der Waals surface area (Å²) < 4.78 is 21.1. The van der Waals surface area contributed by atoms with Crippen LogP contribution in [0.4, 0.5) is 4.39 Å². The molecule has 7 N–H and O–H groups in total. The van der Waals surface area contributed by atoms with Gasteiger partial charge in [0.15, 0.2) is 6.10 Å². The summed E-state index contributed by atoms with van der Waals surface area (Å²) in [5.74, 6) is -0.0870. The molecule has 1 aliphatic carbocycles. The lowest BCUT2D eigenvalue weighted by Gasteiger charge is -2.54. The Bertz CT molecular complexity index is 2040. The summed E-state index contributed by atoms with van der Waals surface area (Å²) in [5, 5.41) is 23.0. The van der Waals surface area contributed by atoms with Crippen molar-refractivity contribution in [3.63, 3.8) is 0 Å². The Kier molecular flexibility index (Phi) is 9.83. The van der Waals surface area contributed by atoms with Crippen molar-refractivity contribution in [3.05, 3.63) is 87.2 Å². The van der Waals surface area contributed by atoms with Crippen molar-refractivity contribution in [1.29, 1.82) is 0 Å². The largest absolute Gasteiger partial charge is 0.458 e. The van der Waals surface area contributed by atoms with Gasteiger partial charge in [0.05, 0.1) is 55.2 Å². The number of hydrogen-bond donors (Lipinski definition) is 6. The number of rotatable bonds is 14. The van der Waals surface area contributed by atoms with Crippen LogP contribution in [0.25, 0.3) is 22.3 Å². The number of esters is 1. The van der Waals surface area contributed by atoms with Crippen LogP contribution in [-0.4, -0.2) is 83.2 Å². The number of pyridine rings is 2. The maximum absolute atomic E-state index is 14.5. The predicted octanol–water partition coefficient (Wildman–Crippen LogP) is 0.510. The third kappa shape index (κ3) is 6.90. The number of nitrogens with zero attached hydrogens (tertiary/aromatic N) is 3. The average molecular weight is 715 g/mol. The minimum atomic E-state index is -1.55. The third-order valence-electron chi connectivity index (χ3n) is 10.8. The minimum Gasteiger partial charge on any atom is -0.458 e. The molecule has 3 atom stereocenters. The van der Waals surface area contributed by atoms with Crippen LogP contribution in [-0.2, 0) is 38.8 Å². The Hall–Kier alpha value is -5.12. The Balaban J connectivity index is 0.947. The van der Waals surface area contributed by atoms with E-state index in [9.17, 15) is 28.7 Å². The molecule has 3 aromatic rings. The van der Waals surface area contributed by atoms with Gasteiger partial charge in [0.25, 0.3) is 5.56 Å². The Morgan fingerprint density at radius 2 is 1.73 bits per heavy atom. The summed E-state index contributed by atoms with van der Waals surface area (Å²) in [6.45, 7) is 11.5. The highest BCUT2D eigenvalue weighted by Gasteiger charge is 2.46. The molecule has 6 heterocycles. The standard InChI is InChI=1S/C37H43FN8O6/c1-19(11-43-33(48)13-41-20(2)12-42-32(47)10-39)40-6-5-24-21-7-22(24)15-45(14-21)16-27-25-4-3-23(38)8-30(25)44-34-28(27)17-46-31(34)9-26-29(36(46)50)18-52-37(51)35(26)49/h3-4,8-9,21-22,24,35,40-41,49H,1-2,5-7,10-18,39H2,(H,42,47)(H,43,48). The Morgan fingerprint density at radius 3 is 2.48 bits per heavy atom. The van der Waals surface area contributed by atoms with Gasteiger partial charge in [-0.1, -0.05) is 13.2 Å². The van der Waals surface area contributed by atoms with Crippen molar-refractivity contribution in [2.45, 2.75) is 38.6 Å². The van der Waals surface area contributed by atoms with Crippen molar-refractivity contribution in [1.82, 2.24) is 35.7 Å². The number of aliphatic hydroxyl groups excluding tert-OH is 1. The quantitative estimate of drug-likeness (QED) is 0.0998. The van der Waals surface area contributed by atoms with E-state index in [0.717, 1.165) is 48.3 Å². The average Bonchev–Trinajstić information content (AvgIpc) is 3.50. The molecule has 15 heteroatoms. The first-order valence-electron chi connectivity index (χ1n) is 17.5. The summed E-state index contributed by atoms with van der Waals surface area (Å²) in [5.41, 5.74) is 10.1. The number of amides is 2. The lowest BCUT2D eigenvalue weighted by Crippen LogP contribution is -2.55. The zero-order valence-electron chi connectivity index (χ0n) is 28.8. The molecule has 2 amide bonds. The first-order chi connectivity index (χ1) is 25.0. The minimum absolute atomic E-state index is 0.0244. The van der Waals surface area contributed by atoms with Gasteiger partial charge in [-0.2, -0.15) is 0 Å². The van der Waals surface area contributed by atoms with E-state index in [-0.39, 0.29) is 61.3 Å². The first kappa shape index (κ1) is 35.3. The van der Waals surface area contributed by atoms with Crippen molar-refractivity contribution < 1.29 is 28.6 Å². The molecular weight excluding hydrogens is 671 g/mol. The van der Waals surface area contributed by atoms with Gasteiger partial charge in [0.1, 0.15) is 12.4 Å². The molecule has 52 heavy (non-hydrogen) atoms. The summed E-state index contributed by atoms with van der Waals surface area (Å²) in [7, 11) is 0. The van der Waals surface area contributed by atoms with Crippen LogP contribution in [0.15, 0.2) is 53.6 Å². The van der Waals surface area contributed by atoms with E-state index >= 15 is 0 Å². The zero-order chi connectivity index (χ0) is 36.7. The van der Waals surface area contributed by atoms with Gasteiger partial charge in [0, 0.05) is 60.2 Å². The fourth-order valence-electron chi connectivity index (χ4n) is 8.07. The molecular formula is C37H43FN8O6. The Labute approximate surface area is 299 Å². The van der Waals surface area contributed by atoms with Gasteiger partial charge in [0.2, 0.25) is 11.8 Å². The van der Waals surface area contributed by atoms with Crippen LogP contribution >= 0.6 is 0 Å². The van der Waals surface area contributed by atoms with Gasteiger partial charge in [-0.25, -0.2) is 14.2 Å². The number of aliphatic hydroxyl groups is 1. The summed E-state index contributed by atoms with van der Waals surface area (Å²) >= 11 is 0. The maximum atomic E-state index is 14.5. The van der Waals surface area contributed by atoms with Crippen LogP contribution in [0, 0.1) is 23.6 Å². The number of hydrogen-bond acceptors (Lipinski definition) is 11. The van der Waals surface area contributed by atoms with Crippen LogP contribution < -0.4 is 32.6 Å². The van der Waals surface area contributed by atoms with Crippen LogP contribution in [0.5, 0.6) is 0 Å². The lowest BCUT2D eigenvalue weighted by molar-refractivity contribution is -0.157. The fraction of sp³-hybridized carbons (Fsp3) is 0.432. The molecule has 8 rings (SSSR count). The molecule has 1 saturated carbocycles. The van der Waals surface area contributed by atoms with E-state index in [2.05, 4.69) is 39.3 Å². The molecule has 14 nitrogen and oxygen atoms in total. The second-order valence-corrected chi connectivity index (χ2v) is 14.1. The van der Waals surface area contributed by atoms with Crippen LogP contribution in [0.2, 0.25) is 0 Å². The highest BCUT2D eigenvalue weighted by molar-refractivity contribution is 5.88. The Morgan fingerprint density at radius 1 is 1.00 bits per heavy atom. The molecule has 0 radical (unpaired) electrons. The van der Waals surface area contributed by atoms with Gasteiger partial charge in [-0.05, 0) is 54.4 Å². The topological polar surface area (TPSA) is 193 Å². The number of benzene rings is 1. The van der Waals surface area contributed by atoms with E-state index in [4.69, 9.17) is 15.5 Å². The van der Waals surface area contributed by atoms with Crippen molar-refractivity contribution in [2.24, 2.45) is 23.5 Å². The highest BCUT2D eigenvalue weighted by Crippen LogP contribution is 2.48. The third-order valence-corrected chi connectivity index (χ3v) is 10.8. The zero-order valence-corrected chi connectivity index (χ0v) is 28.8. The molecule has 0 spiro atoms. The van der Waals surface area contributed by atoms with E-state index in [1.165, 1.54) is 18.6 Å². The number of carbonyl (C=O) groups excluding carboxylic acids is 3. The van der Waals surface area contributed by atoms with E-state index < -0.39 is 17.9 Å². The summed E-state index contributed by atoms with van der Waals surface area (Å²) in [4.78, 5) is 56.4. The number of fused-ring (bicyclic) bond motifs is 7. The molecule has 2 saturated heterocycles. The smallest absolute Gasteiger partial charge is 0.340 e. The molecule has 2 aromatic heterocycles. The highest BCUT2D eigenvalue weighted by atomic mass is 19.1. The second kappa shape index (κ2) is 14.5. The van der Waals surface area contributed by atoms with Gasteiger partial charge >= 0.3 is 5.97 Å². The second-order valence-electron chi connectivity index (χ2n) is 14.1. The number of nitrogens with two attached hydrogens (primary N) is 1. The van der Waals surface area contributed by atoms with Crippen LogP contribution in [0.3, 0.4) is 0 Å².